The number of hydrogen-bond acceptors (Lipinski definition) is 14. The number of hydrogen-bond donors (Lipinski definition) is 9. The number of ether oxygens (including phenoxy) is 1. The summed E-state index contributed by atoms with van der Waals surface area (Å²) in [6, 6.07) is 0. The van der Waals surface area contributed by atoms with Crippen LogP contribution in [-0.4, -0.2) is 132 Å². The van der Waals surface area contributed by atoms with Crippen molar-refractivity contribution in [1.82, 2.24) is 0 Å². The molecule has 0 aliphatic rings. The van der Waals surface area contributed by atoms with Crippen molar-refractivity contribution in [2.45, 2.75) is 55.3 Å². The van der Waals surface area contributed by atoms with Gasteiger partial charge in [-0.25, -0.2) is 4.79 Å². The number of ketones is 2. The number of Topliss-reactive ketones (excluding diaryl/α,β-unsaturated/α-hetero) is 2. The first kappa shape index (κ1) is 27.1. The molecule has 14 nitrogen and oxygen atoms in total. The summed E-state index contributed by atoms with van der Waals surface area (Å²) in [6.45, 7) is -2.03. The Bertz CT molecular complexity index is 565. The van der Waals surface area contributed by atoms with Gasteiger partial charge >= 0.3 is 5.97 Å². The lowest BCUT2D eigenvalue weighted by Gasteiger charge is -2.25. The molecular formula is C15H24O14. The van der Waals surface area contributed by atoms with Gasteiger partial charge in [-0.3, -0.25) is 14.4 Å². The molecule has 0 aliphatic heterocycles. The lowest BCUT2D eigenvalue weighted by molar-refractivity contribution is -0.172. The van der Waals surface area contributed by atoms with E-state index in [0.717, 1.165) is 0 Å². The number of carbonyl (C=O) groups is 4. The normalized spacial score (nSPS) is 19.8. The van der Waals surface area contributed by atoms with Crippen LogP contribution in [0, 0.1) is 0 Å². The van der Waals surface area contributed by atoms with Crippen LogP contribution in [0.3, 0.4) is 0 Å². The predicted octanol–water partition coefficient (Wildman–Crippen LogP) is -6.86. The molecule has 0 unspecified atom stereocenters. The molecule has 14 heteroatoms. The lowest BCUT2D eigenvalue weighted by Crippen LogP contribution is -2.49. The molecular weight excluding hydrogens is 404 g/mol. The second-order valence-electron chi connectivity index (χ2n) is 5.98. The third-order valence-electron chi connectivity index (χ3n) is 3.79. The van der Waals surface area contributed by atoms with Crippen LogP contribution in [0.5, 0.6) is 0 Å². The molecule has 0 aliphatic carbocycles. The van der Waals surface area contributed by atoms with Crippen molar-refractivity contribution < 1.29 is 69.9 Å². The number of rotatable bonds is 14. The Morgan fingerprint density at radius 3 is 1.62 bits per heavy atom. The van der Waals surface area contributed by atoms with Crippen molar-refractivity contribution in [2.24, 2.45) is 0 Å². The van der Waals surface area contributed by atoms with Gasteiger partial charge in [0.05, 0.1) is 19.6 Å². The van der Waals surface area contributed by atoms with Crippen LogP contribution < -0.4 is 0 Å². The van der Waals surface area contributed by atoms with E-state index in [4.69, 9.17) is 15.3 Å². The first-order valence-electron chi connectivity index (χ1n) is 8.12. The van der Waals surface area contributed by atoms with Crippen molar-refractivity contribution in [2.75, 3.05) is 13.2 Å². The average Bonchev–Trinajstić information content (AvgIpc) is 2.72. The quantitative estimate of drug-likeness (QED) is 0.0539. The summed E-state index contributed by atoms with van der Waals surface area (Å²) in [5.41, 5.74) is 0. The Hall–Kier alpha value is -1.88. The highest BCUT2D eigenvalue weighted by atomic mass is 16.6. The summed E-state index contributed by atoms with van der Waals surface area (Å²) in [5, 5.41) is 83.2. The maximum absolute atomic E-state index is 11.7. The van der Waals surface area contributed by atoms with Gasteiger partial charge in [0.1, 0.15) is 42.7 Å². The highest BCUT2D eigenvalue weighted by Gasteiger charge is 2.37. The number of esters is 1. The number of aliphatic hydroxyl groups is 9. The van der Waals surface area contributed by atoms with E-state index in [2.05, 4.69) is 4.74 Å². The zero-order valence-electron chi connectivity index (χ0n) is 14.9. The monoisotopic (exact) mass is 428 g/mol. The minimum atomic E-state index is -2.43. The maximum Gasteiger partial charge on any atom is 0.375 e. The molecule has 0 fully saturated rings. The van der Waals surface area contributed by atoms with Crippen molar-refractivity contribution in [3.05, 3.63) is 0 Å². The van der Waals surface area contributed by atoms with Crippen LogP contribution in [0.4, 0.5) is 0 Å². The fraction of sp³-hybridized carbons (Fsp3) is 0.733. The van der Waals surface area contributed by atoms with E-state index < -0.39 is 86.0 Å². The highest BCUT2D eigenvalue weighted by molar-refractivity contribution is 6.37. The molecule has 0 amide bonds. The Morgan fingerprint density at radius 1 is 0.759 bits per heavy atom. The SMILES string of the molecule is O=C[C@H](OC(=O)C(=O)CC(=O)[C@H](O)[C@@H](O)[C@@H](O)[C@H](O)CO)[C@@H](O)[C@H](O)[C@H](O)CO. The third-order valence-corrected chi connectivity index (χ3v) is 3.79. The van der Waals surface area contributed by atoms with Crippen molar-refractivity contribution in [3.63, 3.8) is 0 Å². The zero-order chi connectivity index (χ0) is 22.9. The van der Waals surface area contributed by atoms with Crippen molar-refractivity contribution in [1.29, 1.82) is 0 Å². The van der Waals surface area contributed by atoms with Gasteiger partial charge in [0, 0.05) is 0 Å². The molecule has 0 aromatic heterocycles. The van der Waals surface area contributed by atoms with Crippen LogP contribution in [0.2, 0.25) is 0 Å². The minimum absolute atomic E-state index is 0.198. The van der Waals surface area contributed by atoms with Crippen LogP contribution in [0.25, 0.3) is 0 Å². The molecule has 0 saturated carbocycles. The molecule has 0 aromatic carbocycles. The molecule has 0 rings (SSSR count). The largest absolute Gasteiger partial charge is 0.446 e. The standard InChI is InChI=1S/C15H24O14/c16-2-7(21)11(24)13(26)9(4-18)29-15(28)6(20)1-5(19)10(23)14(27)12(25)8(22)3-17/h4,7-14,16-17,21-27H,1-3H2/t7-,8-,9+,10+,11-,12+,13-,14-/m1/s1. The van der Waals surface area contributed by atoms with E-state index in [1.807, 2.05) is 0 Å². The van der Waals surface area contributed by atoms with E-state index in [-0.39, 0.29) is 6.29 Å². The predicted molar refractivity (Wildman–Crippen MR) is 86.8 cm³/mol. The molecule has 9 N–H and O–H groups in total. The van der Waals surface area contributed by atoms with Gasteiger partial charge in [0.2, 0.25) is 5.78 Å². The summed E-state index contributed by atoms with van der Waals surface area (Å²) in [5.74, 6) is -4.98. The second-order valence-corrected chi connectivity index (χ2v) is 5.98. The third kappa shape index (κ3) is 7.81. The first-order chi connectivity index (χ1) is 13.4. The Morgan fingerprint density at radius 2 is 1.21 bits per heavy atom. The summed E-state index contributed by atoms with van der Waals surface area (Å²) in [4.78, 5) is 45.9. The van der Waals surface area contributed by atoms with Crippen molar-refractivity contribution in [3.8, 4) is 0 Å². The molecule has 8 atom stereocenters. The van der Waals surface area contributed by atoms with E-state index in [0.29, 0.717) is 0 Å². The van der Waals surface area contributed by atoms with Crippen LogP contribution >= 0.6 is 0 Å². The highest BCUT2D eigenvalue weighted by Crippen LogP contribution is 2.10. The summed E-state index contributed by atoms with van der Waals surface area (Å²) >= 11 is 0. The van der Waals surface area contributed by atoms with Gasteiger partial charge in [0.25, 0.3) is 0 Å². The summed E-state index contributed by atoms with van der Waals surface area (Å²) in [7, 11) is 0. The van der Waals surface area contributed by atoms with Crippen molar-refractivity contribution >= 4 is 23.8 Å². The molecule has 0 bridgehead atoms. The number of aldehydes is 1. The smallest absolute Gasteiger partial charge is 0.375 e. The Kier molecular flexibility index (Phi) is 11.8. The van der Waals surface area contributed by atoms with Crippen LogP contribution in [0.15, 0.2) is 0 Å². The second kappa shape index (κ2) is 12.6. The Balaban J connectivity index is 4.93. The van der Waals surface area contributed by atoms with Crippen LogP contribution in [0.1, 0.15) is 6.42 Å². The molecule has 0 spiro atoms. The molecule has 29 heavy (non-hydrogen) atoms. The lowest BCUT2D eigenvalue weighted by atomic mass is 9.98. The molecule has 168 valence electrons. The zero-order valence-corrected chi connectivity index (χ0v) is 14.9. The topological polar surface area (TPSA) is 260 Å². The maximum atomic E-state index is 11.7. The Labute approximate surface area is 163 Å². The van der Waals surface area contributed by atoms with Gasteiger partial charge in [-0.2, -0.15) is 0 Å². The van der Waals surface area contributed by atoms with E-state index >= 15 is 0 Å². The van der Waals surface area contributed by atoms with Gasteiger partial charge in [-0.15, -0.1) is 0 Å². The molecule has 0 aromatic rings. The van der Waals surface area contributed by atoms with E-state index in [1.165, 1.54) is 0 Å². The molecule has 0 saturated heterocycles. The number of aliphatic hydroxyl groups excluding tert-OH is 9. The minimum Gasteiger partial charge on any atom is -0.446 e. The first-order valence-corrected chi connectivity index (χ1v) is 8.12. The summed E-state index contributed by atoms with van der Waals surface area (Å²) in [6.07, 6.45) is -18.8. The van der Waals surface area contributed by atoms with Gasteiger partial charge < -0.3 is 50.7 Å². The van der Waals surface area contributed by atoms with Crippen LogP contribution in [-0.2, 0) is 23.9 Å². The van der Waals surface area contributed by atoms with Gasteiger partial charge in [0.15, 0.2) is 18.2 Å². The fourth-order valence-corrected chi connectivity index (χ4v) is 1.95. The van der Waals surface area contributed by atoms with Gasteiger partial charge in [-0.05, 0) is 0 Å². The van der Waals surface area contributed by atoms with E-state index in [1.54, 1.807) is 0 Å². The van der Waals surface area contributed by atoms with Gasteiger partial charge in [-0.1, -0.05) is 0 Å². The fourth-order valence-electron chi connectivity index (χ4n) is 1.95. The number of carbonyl (C=O) groups excluding carboxylic acids is 4. The molecule has 0 radical (unpaired) electrons. The van der Waals surface area contributed by atoms with E-state index in [9.17, 15) is 49.8 Å². The summed E-state index contributed by atoms with van der Waals surface area (Å²) < 4.78 is 4.31. The average molecular weight is 428 g/mol. The molecule has 0 heterocycles.